The number of hydrogen-bond donors (Lipinski definition) is 1. The fourth-order valence-corrected chi connectivity index (χ4v) is 2.41. The van der Waals surface area contributed by atoms with Crippen LogP contribution in [0.2, 0.25) is 0 Å². The van der Waals surface area contributed by atoms with Crippen LogP contribution in [0.5, 0.6) is 5.75 Å². The molecule has 2 N–H and O–H groups in total. The van der Waals surface area contributed by atoms with Gasteiger partial charge in [-0.15, -0.1) is 5.10 Å². The first-order chi connectivity index (χ1) is 11.6. The van der Waals surface area contributed by atoms with Crippen LogP contribution in [-0.4, -0.2) is 27.8 Å². The van der Waals surface area contributed by atoms with E-state index in [0.29, 0.717) is 5.82 Å². The van der Waals surface area contributed by atoms with Crippen molar-refractivity contribution in [3.8, 4) is 17.1 Å². The highest BCUT2D eigenvalue weighted by molar-refractivity contribution is 5.83. The highest BCUT2D eigenvalue weighted by Crippen LogP contribution is 2.18. The Kier molecular flexibility index (Phi) is 4.29. The van der Waals surface area contributed by atoms with Crippen molar-refractivity contribution in [2.45, 2.75) is 13.3 Å². The van der Waals surface area contributed by atoms with Gasteiger partial charge < -0.3 is 10.5 Å². The van der Waals surface area contributed by atoms with Gasteiger partial charge in [-0.1, -0.05) is 35.9 Å². The molecule has 0 spiro atoms. The number of nitrogen functional groups attached to an aromatic ring is 1. The molecule has 24 heavy (non-hydrogen) atoms. The van der Waals surface area contributed by atoms with Crippen LogP contribution in [0.4, 0.5) is 5.95 Å². The summed E-state index contributed by atoms with van der Waals surface area (Å²) in [4.78, 5) is 16.7. The van der Waals surface area contributed by atoms with E-state index in [-0.39, 0.29) is 18.3 Å². The first kappa shape index (κ1) is 15.7. The number of ether oxygens (including phenoxy) is 1. The van der Waals surface area contributed by atoms with Crippen molar-refractivity contribution in [2.24, 2.45) is 0 Å². The number of carbonyl (C=O) groups excluding carboxylic acids is 1. The maximum Gasteiger partial charge on any atom is 0.254 e. The second-order valence-electron chi connectivity index (χ2n) is 5.49. The minimum atomic E-state index is -0.232. The van der Waals surface area contributed by atoms with E-state index in [1.807, 2.05) is 55.5 Å². The second-order valence-corrected chi connectivity index (χ2v) is 5.49. The van der Waals surface area contributed by atoms with Gasteiger partial charge in [0.25, 0.3) is 5.91 Å². The van der Waals surface area contributed by atoms with Gasteiger partial charge in [-0.25, -0.2) is 0 Å². The molecule has 0 aliphatic carbocycles. The zero-order valence-electron chi connectivity index (χ0n) is 13.6. The molecular formula is C18H18N4O2. The largest absolute Gasteiger partial charge is 0.497 e. The predicted molar refractivity (Wildman–Crippen MR) is 91.9 cm³/mol. The van der Waals surface area contributed by atoms with Crippen LogP contribution in [0.25, 0.3) is 11.4 Å². The average Bonchev–Trinajstić information content (AvgIpc) is 2.97. The summed E-state index contributed by atoms with van der Waals surface area (Å²) in [6.07, 6.45) is 0.185. The predicted octanol–water partition coefficient (Wildman–Crippen LogP) is 2.73. The Morgan fingerprint density at radius 3 is 2.62 bits per heavy atom. The number of aryl methyl sites for hydroxylation is 1. The molecule has 3 aromatic rings. The Labute approximate surface area is 139 Å². The smallest absolute Gasteiger partial charge is 0.254 e. The first-order valence-corrected chi connectivity index (χ1v) is 7.52. The SMILES string of the molecule is COc1ccc(CC(=O)n2nc(-c3cccc(C)c3)nc2N)cc1. The van der Waals surface area contributed by atoms with E-state index in [1.165, 1.54) is 0 Å². The molecule has 6 nitrogen and oxygen atoms in total. The van der Waals surface area contributed by atoms with Crippen molar-refractivity contribution >= 4 is 11.9 Å². The van der Waals surface area contributed by atoms with Crippen LogP contribution in [-0.2, 0) is 6.42 Å². The number of nitrogens with zero attached hydrogens (tertiary/aromatic N) is 3. The molecule has 0 atom stereocenters. The van der Waals surface area contributed by atoms with E-state index in [9.17, 15) is 4.79 Å². The van der Waals surface area contributed by atoms with Gasteiger partial charge in [0.15, 0.2) is 5.82 Å². The Hall–Kier alpha value is -3.15. The van der Waals surface area contributed by atoms with Gasteiger partial charge >= 0.3 is 0 Å². The van der Waals surface area contributed by atoms with Crippen LogP contribution in [0.1, 0.15) is 15.9 Å². The number of methoxy groups -OCH3 is 1. The van der Waals surface area contributed by atoms with Gasteiger partial charge in [-0.2, -0.15) is 9.67 Å². The molecule has 1 heterocycles. The van der Waals surface area contributed by atoms with E-state index in [0.717, 1.165) is 27.1 Å². The molecule has 2 aromatic carbocycles. The molecule has 0 amide bonds. The number of nitrogens with two attached hydrogens (primary N) is 1. The maximum absolute atomic E-state index is 12.5. The Morgan fingerprint density at radius 1 is 1.21 bits per heavy atom. The van der Waals surface area contributed by atoms with Crippen molar-refractivity contribution in [3.63, 3.8) is 0 Å². The normalized spacial score (nSPS) is 10.6. The molecule has 1 aromatic heterocycles. The van der Waals surface area contributed by atoms with E-state index in [1.54, 1.807) is 7.11 Å². The highest BCUT2D eigenvalue weighted by atomic mass is 16.5. The average molecular weight is 322 g/mol. The molecule has 3 rings (SSSR count). The molecule has 0 unspecified atom stereocenters. The number of benzene rings is 2. The molecule has 0 radical (unpaired) electrons. The lowest BCUT2D eigenvalue weighted by Crippen LogP contribution is -2.17. The lowest BCUT2D eigenvalue weighted by molar-refractivity contribution is 0.0901. The fraction of sp³-hybridized carbons (Fsp3) is 0.167. The summed E-state index contributed by atoms with van der Waals surface area (Å²) in [6.45, 7) is 1.98. The minimum absolute atomic E-state index is 0.0880. The fourth-order valence-electron chi connectivity index (χ4n) is 2.41. The van der Waals surface area contributed by atoms with Gasteiger partial charge in [0, 0.05) is 5.56 Å². The van der Waals surface area contributed by atoms with Crippen molar-refractivity contribution in [2.75, 3.05) is 12.8 Å². The molecule has 0 bridgehead atoms. The Morgan fingerprint density at radius 2 is 1.96 bits per heavy atom. The quantitative estimate of drug-likeness (QED) is 0.798. The third-order valence-electron chi connectivity index (χ3n) is 3.66. The Bertz CT molecular complexity index is 869. The minimum Gasteiger partial charge on any atom is -0.497 e. The number of aromatic nitrogens is 3. The summed E-state index contributed by atoms with van der Waals surface area (Å²) >= 11 is 0. The standard InChI is InChI=1S/C18H18N4O2/c1-12-4-3-5-14(10-12)17-20-18(19)22(21-17)16(23)11-13-6-8-15(24-2)9-7-13/h3-10H,11H2,1-2H3,(H2,19,20,21). The maximum atomic E-state index is 12.5. The van der Waals surface area contributed by atoms with Gasteiger partial charge in [0.2, 0.25) is 5.95 Å². The molecule has 122 valence electrons. The van der Waals surface area contributed by atoms with E-state index < -0.39 is 0 Å². The van der Waals surface area contributed by atoms with Crippen molar-refractivity contribution in [1.29, 1.82) is 0 Å². The summed E-state index contributed by atoms with van der Waals surface area (Å²) in [7, 11) is 1.60. The van der Waals surface area contributed by atoms with Crippen molar-refractivity contribution < 1.29 is 9.53 Å². The summed E-state index contributed by atoms with van der Waals surface area (Å²) in [6, 6.07) is 15.0. The molecule has 0 saturated heterocycles. The lowest BCUT2D eigenvalue weighted by Gasteiger charge is -2.03. The van der Waals surface area contributed by atoms with Crippen LogP contribution < -0.4 is 10.5 Å². The lowest BCUT2D eigenvalue weighted by atomic mass is 10.1. The third-order valence-corrected chi connectivity index (χ3v) is 3.66. The topological polar surface area (TPSA) is 83.0 Å². The summed E-state index contributed by atoms with van der Waals surface area (Å²) in [5, 5.41) is 4.26. The van der Waals surface area contributed by atoms with Crippen LogP contribution in [0.3, 0.4) is 0 Å². The van der Waals surface area contributed by atoms with E-state index in [2.05, 4.69) is 10.1 Å². The number of hydrogen-bond acceptors (Lipinski definition) is 5. The summed E-state index contributed by atoms with van der Waals surface area (Å²) in [5.74, 6) is 1.04. The molecular weight excluding hydrogens is 304 g/mol. The van der Waals surface area contributed by atoms with Gasteiger partial charge in [-0.3, -0.25) is 4.79 Å². The molecule has 0 aliphatic heterocycles. The van der Waals surface area contributed by atoms with E-state index in [4.69, 9.17) is 10.5 Å². The molecule has 0 saturated carbocycles. The number of carbonyl (C=O) groups is 1. The van der Waals surface area contributed by atoms with Gasteiger partial charge in [0.05, 0.1) is 13.5 Å². The summed E-state index contributed by atoms with van der Waals surface area (Å²) in [5.41, 5.74) is 8.64. The Balaban J connectivity index is 1.82. The monoisotopic (exact) mass is 322 g/mol. The molecule has 0 aliphatic rings. The number of rotatable bonds is 4. The first-order valence-electron chi connectivity index (χ1n) is 7.52. The van der Waals surface area contributed by atoms with E-state index >= 15 is 0 Å². The van der Waals surface area contributed by atoms with Crippen LogP contribution in [0.15, 0.2) is 48.5 Å². The number of anilines is 1. The van der Waals surface area contributed by atoms with Crippen molar-refractivity contribution in [3.05, 3.63) is 59.7 Å². The molecule has 6 heteroatoms. The third kappa shape index (κ3) is 3.27. The molecule has 0 fully saturated rings. The second kappa shape index (κ2) is 6.54. The summed E-state index contributed by atoms with van der Waals surface area (Å²) < 4.78 is 6.26. The van der Waals surface area contributed by atoms with Gasteiger partial charge in [0.1, 0.15) is 5.75 Å². The van der Waals surface area contributed by atoms with Crippen LogP contribution >= 0.6 is 0 Å². The van der Waals surface area contributed by atoms with Crippen LogP contribution in [0, 0.1) is 6.92 Å². The highest BCUT2D eigenvalue weighted by Gasteiger charge is 2.15. The zero-order valence-corrected chi connectivity index (χ0v) is 13.6. The van der Waals surface area contributed by atoms with Crippen molar-refractivity contribution in [1.82, 2.24) is 14.8 Å². The zero-order chi connectivity index (χ0) is 17.1. The van der Waals surface area contributed by atoms with Gasteiger partial charge in [-0.05, 0) is 30.7 Å².